The Bertz CT molecular complexity index is 504. The molecule has 0 aromatic heterocycles. The summed E-state index contributed by atoms with van der Waals surface area (Å²) < 4.78 is 5.17. The summed E-state index contributed by atoms with van der Waals surface area (Å²) in [5.41, 5.74) is 2.34. The molecule has 2 rings (SSSR count). The van der Waals surface area contributed by atoms with E-state index in [2.05, 4.69) is 5.32 Å². The quantitative estimate of drug-likeness (QED) is 0.651. The molecule has 0 saturated heterocycles. The van der Waals surface area contributed by atoms with Crippen molar-refractivity contribution in [2.45, 2.75) is 32.7 Å². The van der Waals surface area contributed by atoms with Gasteiger partial charge in [-0.3, -0.25) is 9.59 Å². The van der Waals surface area contributed by atoms with Crippen LogP contribution in [0.5, 0.6) is 5.75 Å². The Kier molecular flexibility index (Phi) is 3.36. The number of carbonyl (C=O) groups is 2. The number of rotatable bonds is 4. The van der Waals surface area contributed by atoms with Gasteiger partial charge in [0.15, 0.2) is 0 Å². The lowest BCUT2D eigenvalue weighted by molar-refractivity contribution is -0.117. The molecule has 1 saturated carbocycles. The molecule has 18 heavy (non-hydrogen) atoms. The van der Waals surface area contributed by atoms with Gasteiger partial charge in [0.25, 0.3) is 11.7 Å². The molecule has 1 aromatic rings. The minimum Gasteiger partial charge on any atom is -0.496 e. The van der Waals surface area contributed by atoms with Crippen molar-refractivity contribution in [2.24, 2.45) is 0 Å². The first-order valence-electron chi connectivity index (χ1n) is 6.03. The number of amides is 1. The molecule has 1 N–H and O–H groups in total. The molecule has 1 aliphatic carbocycles. The molecule has 0 spiro atoms. The van der Waals surface area contributed by atoms with Gasteiger partial charge in [0.05, 0.1) is 12.7 Å². The molecule has 0 heterocycles. The van der Waals surface area contributed by atoms with Crippen molar-refractivity contribution < 1.29 is 14.3 Å². The van der Waals surface area contributed by atoms with E-state index in [1.54, 1.807) is 12.1 Å². The number of benzene rings is 1. The van der Waals surface area contributed by atoms with Gasteiger partial charge in [-0.1, -0.05) is 0 Å². The summed E-state index contributed by atoms with van der Waals surface area (Å²) in [5, 5.41) is 2.69. The molecular formula is C14H17NO3. The average Bonchev–Trinajstić information content (AvgIpc) is 3.15. The van der Waals surface area contributed by atoms with Crippen molar-refractivity contribution in [1.82, 2.24) is 5.32 Å². The van der Waals surface area contributed by atoms with Crippen LogP contribution in [0, 0.1) is 13.8 Å². The molecule has 4 heteroatoms. The van der Waals surface area contributed by atoms with Crippen molar-refractivity contribution in [3.63, 3.8) is 0 Å². The molecule has 4 nitrogen and oxygen atoms in total. The number of aryl methyl sites for hydroxylation is 2. The van der Waals surface area contributed by atoms with Crippen molar-refractivity contribution in [2.75, 3.05) is 7.11 Å². The van der Waals surface area contributed by atoms with Crippen LogP contribution in [0.4, 0.5) is 0 Å². The van der Waals surface area contributed by atoms with Crippen LogP contribution in [0.25, 0.3) is 0 Å². The molecule has 1 amide bonds. The van der Waals surface area contributed by atoms with Crippen LogP contribution in [0.3, 0.4) is 0 Å². The fourth-order valence-electron chi connectivity index (χ4n) is 1.74. The highest BCUT2D eigenvalue weighted by atomic mass is 16.5. The van der Waals surface area contributed by atoms with E-state index in [9.17, 15) is 9.59 Å². The maximum absolute atomic E-state index is 12.1. The van der Waals surface area contributed by atoms with E-state index in [-0.39, 0.29) is 6.04 Å². The van der Waals surface area contributed by atoms with Gasteiger partial charge in [0.2, 0.25) is 0 Å². The van der Waals surface area contributed by atoms with Gasteiger partial charge < -0.3 is 10.1 Å². The van der Waals surface area contributed by atoms with E-state index >= 15 is 0 Å². The van der Waals surface area contributed by atoms with Gasteiger partial charge >= 0.3 is 0 Å². The highest BCUT2D eigenvalue weighted by molar-refractivity contribution is 6.43. The summed E-state index contributed by atoms with van der Waals surface area (Å²) in [6.45, 7) is 3.85. The first kappa shape index (κ1) is 12.6. The van der Waals surface area contributed by atoms with Crippen LogP contribution >= 0.6 is 0 Å². The van der Waals surface area contributed by atoms with E-state index in [1.807, 2.05) is 13.8 Å². The first-order chi connectivity index (χ1) is 8.52. The number of ketones is 1. The summed E-state index contributed by atoms with van der Waals surface area (Å²) in [5.74, 6) is -0.616. The van der Waals surface area contributed by atoms with E-state index in [0.29, 0.717) is 11.3 Å². The summed E-state index contributed by atoms with van der Waals surface area (Å²) in [4.78, 5) is 23.8. The molecule has 1 aromatic carbocycles. The third-order valence-electron chi connectivity index (χ3n) is 3.18. The van der Waals surface area contributed by atoms with Gasteiger partial charge in [0.1, 0.15) is 5.75 Å². The standard InChI is InChI=1S/C14H17NO3/c1-8-6-11(12(18-3)7-9(8)2)13(16)14(17)15-10-4-5-10/h6-7,10H,4-5H2,1-3H3,(H,15,17). The second-order valence-electron chi connectivity index (χ2n) is 4.71. The zero-order chi connectivity index (χ0) is 13.3. The van der Waals surface area contributed by atoms with Crippen LogP contribution < -0.4 is 10.1 Å². The normalized spacial score (nSPS) is 14.2. The van der Waals surface area contributed by atoms with Crippen molar-refractivity contribution in [3.05, 3.63) is 28.8 Å². The second kappa shape index (κ2) is 4.80. The first-order valence-corrected chi connectivity index (χ1v) is 6.03. The minimum atomic E-state index is -0.543. The van der Waals surface area contributed by atoms with Crippen LogP contribution in [0.15, 0.2) is 12.1 Å². The van der Waals surface area contributed by atoms with E-state index < -0.39 is 11.7 Å². The van der Waals surface area contributed by atoms with E-state index in [4.69, 9.17) is 4.74 Å². The highest BCUT2D eigenvalue weighted by Crippen LogP contribution is 2.24. The smallest absolute Gasteiger partial charge is 0.292 e. The monoisotopic (exact) mass is 247 g/mol. The van der Waals surface area contributed by atoms with Crippen molar-refractivity contribution in [1.29, 1.82) is 0 Å². The molecule has 0 unspecified atom stereocenters. The van der Waals surface area contributed by atoms with E-state index in [1.165, 1.54) is 7.11 Å². The van der Waals surface area contributed by atoms with Crippen LogP contribution in [-0.2, 0) is 4.79 Å². The lowest BCUT2D eigenvalue weighted by Gasteiger charge is -2.10. The van der Waals surface area contributed by atoms with E-state index in [0.717, 1.165) is 24.0 Å². The predicted octanol–water partition coefficient (Wildman–Crippen LogP) is 1.77. The van der Waals surface area contributed by atoms with Gasteiger partial charge in [-0.05, 0) is 49.9 Å². The zero-order valence-corrected chi connectivity index (χ0v) is 10.9. The molecule has 0 radical (unpaired) electrons. The maximum atomic E-state index is 12.1. The Morgan fingerprint density at radius 1 is 1.22 bits per heavy atom. The fraction of sp³-hybridized carbons (Fsp3) is 0.429. The zero-order valence-electron chi connectivity index (χ0n) is 10.9. The Morgan fingerprint density at radius 3 is 2.39 bits per heavy atom. The van der Waals surface area contributed by atoms with Gasteiger partial charge in [-0.25, -0.2) is 0 Å². The maximum Gasteiger partial charge on any atom is 0.292 e. The third-order valence-corrected chi connectivity index (χ3v) is 3.18. The molecule has 0 atom stereocenters. The molecule has 0 aliphatic heterocycles. The van der Waals surface area contributed by atoms with Crippen LogP contribution in [-0.4, -0.2) is 24.8 Å². The number of methoxy groups -OCH3 is 1. The van der Waals surface area contributed by atoms with Gasteiger partial charge in [0, 0.05) is 6.04 Å². The molecule has 1 fully saturated rings. The predicted molar refractivity (Wildman–Crippen MR) is 68.0 cm³/mol. The van der Waals surface area contributed by atoms with Gasteiger partial charge in [-0.15, -0.1) is 0 Å². The number of ether oxygens (including phenoxy) is 1. The molecular weight excluding hydrogens is 230 g/mol. The SMILES string of the molecule is COc1cc(C)c(C)cc1C(=O)C(=O)NC1CC1. The summed E-state index contributed by atoms with van der Waals surface area (Å²) in [6.07, 6.45) is 1.92. The second-order valence-corrected chi connectivity index (χ2v) is 4.71. The van der Waals surface area contributed by atoms with Crippen LogP contribution in [0.2, 0.25) is 0 Å². The Labute approximate surface area is 106 Å². The average molecular weight is 247 g/mol. The summed E-state index contributed by atoms with van der Waals surface area (Å²) in [7, 11) is 1.50. The van der Waals surface area contributed by atoms with Gasteiger partial charge in [-0.2, -0.15) is 0 Å². The third kappa shape index (κ3) is 2.53. The Morgan fingerprint density at radius 2 is 1.83 bits per heavy atom. The number of hydrogen-bond donors (Lipinski definition) is 1. The summed E-state index contributed by atoms with van der Waals surface area (Å²) >= 11 is 0. The Balaban J connectivity index is 2.27. The molecule has 96 valence electrons. The Hall–Kier alpha value is -1.84. The minimum absolute atomic E-state index is 0.180. The lowest BCUT2D eigenvalue weighted by Crippen LogP contribution is -2.32. The number of nitrogens with one attached hydrogen (secondary N) is 1. The number of Topliss-reactive ketones (excluding diaryl/α,β-unsaturated/α-hetero) is 1. The highest BCUT2D eigenvalue weighted by Gasteiger charge is 2.28. The molecule has 0 bridgehead atoms. The van der Waals surface area contributed by atoms with Crippen molar-refractivity contribution >= 4 is 11.7 Å². The topological polar surface area (TPSA) is 55.4 Å². The number of carbonyl (C=O) groups excluding carboxylic acids is 2. The lowest BCUT2D eigenvalue weighted by atomic mass is 10.0. The fourth-order valence-corrected chi connectivity index (χ4v) is 1.74. The van der Waals surface area contributed by atoms with Crippen LogP contribution in [0.1, 0.15) is 34.3 Å². The largest absolute Gasteiger partial charge is 0.496 e. The summed E-state index contributed by atoms with van der Waals surface area (Å²) in [6, 6.07) is 3.68. The molecule has 1 aliphatic rings. The van der Waals surface area contributed by atoms with Crippen molar-refractivity contribution in [3.8, 4) is 5.75 Å². The number of hydrogen-bond acceptors (Lipinski definition) is 3.